The van der Waals surface area contributed by atoms with Crippen LogP contribution in [0.5, 0.6) is 5.75 Å². The minimum atomic E-state index is -0.142. The van der Waals surface area contributed by atoms with Crippen LogP contribution in [0.25, 0.3) is 0 Å². The number of benzene rings is 2. The van der Waals surface area contributed by atoms with Crippen LogP contribution in [0.1, 0.15) is 11.1 Å². The Balaban J connectivity index is 1.68. The second-order valence-electron chi connectivity index (χ2n) is 4.85. The van der Waals surface area contributed by atoms with E-state index >= 15 is 0 Å². The zero-order chi connectivity index (χ0) is 15.6. The molecule has 0 unspecified atom stereocenters. The molecule has 0 fully saturated rings. The van der Waals surface area contributed by atoms with Crippen LogP contribution in [0, 0.1) is 11.3 Å². The van der Waals surface area contributed by atoms with Crippen LogP contribution >= 0.6 is 0 Å². The third kappa shape index (κ3) is 5.29. The second-order valence-corrected chi connectivity index (χ2v) is 4.85. The highest BCUT2D eigenvalue weighted by Crippen LogP contribution is 2.12. The average molecular weight is 294 g/mol. The topological polar surface area (TPSA) is 62.1 Å². The number of amides is 1. The first-order valence-electron chi connectivity index (χ1n) is 7.17. The van der Waals surface area contributed by atoms with Gasteiger partial charge in [-0.3, -0.25) is 4.79 Å². The lowest BCUT2D eigenvalue weighted by atomic mass is 10.1. The molecule has 0 bridgehead atoms. The highest BCUT2D eigenvalue weighted by molar-refractivity contribution is 5.77. The molecule has 0 saturated carbocycles. The molecule has 1 N–H and O–H groups in total. The average Bonchev–Trinajstić information content (AvgIpc) is 2.55. The Hall–Kier alpha value is -2.80. The van der Waals surface area contributed by atoms with Gasteiger partial charge in [0.25, 0.3) is 5.91 Å². The molecular weight excluding hydrogens is 276 g/mol. The van der Waals surface area contributed by atoms with E-state index in [9.17, 15) is 4.79 Å². The Morgan fingerprint density at radius 1 is 1.05 bits per heavy atom. The van der Waals surface area contributed by atoms with E-state index in [0.717, 1.165) is 12.0 Å². The number of hydrogen-bond acceptors (Lipinski definition) is 3. The number of nitrogens with zero attached hydrogens (tertiary/aromatic N) is 1. The summed E-state index contributed by atoms with van der Waals surface area (Å²) < 4.78 is 5.41. The predicted octanol–water partition coefficient (Wildman–Crippen LogP) is 2.49. The van der Waals surface area contributed by atoms with Crippen molar-refractivity contribution < 1.29 is 9.53 Å². The maximum atomic E-state index is 11.7. The maximum absolute atomic E-state index is 11.7. The van der Waals surface area contributed by atoms with Crippen molar-refractivity contribution in [3.63, 3.8) is 0 Å². The normalized spacial score (nSPS) is 9.77. The maximum Gasteiger partial charge on any atom is 0.257 e. The molecule has 4 heteroatoms. The van der Waals surface area contributed by atoms with Gasteiger partial charge in [-0.1, -0.05) is 42.5 Å². The highest BCUT2D eigenvalue weighted by atomic mass is 16.5. The third-order valence-corrected chi connectivity index (χ3v) is 3.16. The molecule has 2 aromatic carbocycles. The summed E-state index contributed by atoms with van der Waals surface area (Å²) in [5, 5.41) is 11.4. The van der Waals surface area contributed by atoms with Gasteiger partial charge in [0.15, 0.2) is 6.61 Å². The van der Waals surface area contributed by atoms with Crippen LogP contribution < -0.4 is 10.1 Å². The van der Waals surface area contributed by atoms with Gasteiger partial charge in [-0.25, -0.2) is 0 Å². The standard InChI is InChI=1S/C18H18N2O2/c19-12-10-16-6-8-17(9-7-16)22-14-18(21)20-13-11-15-4-2-1-3-5-15/h1-9H,10-11,13-14H2,(H,20,21). The van der Waals surface area contributed by atoms with E-state index in [0.29, 0.717) is 18.7 Å². The number of hydrogen-bond donors (Lipinski definition) is 1. The van der Waals surface area contributed by atoms with Crippen molar-refractivity contribution in [3.05, 3.63) is 65.7 Å². The van der Waals surface area contributed by atoms with Gasteiger partial charge in [-0.15, -0.1) is 0 Å². The SMILES string of the molecule is N#CCc1ccc(OCC(=O)NCCc2ccccc2)cc1. The van der Waals surface area contributed by atoms with Gasteiger partial charge in [0.05, 0.1) is 12.5 Å². The molecule has 0 aliphatic carbocycles. The zero-order valence-electron chi connectivity index (χ0n) is 12.3. The Labute approximate surface area is 130 Å². The van der Waals surface area contributed by atoms with Crippen molar-refractivity contribution in [1.29, 1.82) is 5.26 Å². The van der Waals surface area contributed by atoms with Crippen molar-refractivity contribution in [2.75, 3.05) is 13.2 Å². The minimum absolute atomic E-state index is 0.00755. The summed E-state index contributed by atoms with van der Waals surface area (Å²) in [6, 6.07) is 19.3. The van der Waals surface area contributed by atoms with Crippen molar-refractivity contribution in [3.8, 4) is 11.8 Å². The molecule has 0 aromatic heterocycles. The summed E-state index contributed by atoms with van der Waals surface area (Å²) in [6.45, 7) is 0.583. The molecule has 0 heterocycles. The van der Waals surface area contributed by atoms with Crippen LogP contribution in [0.15, 0.2) is 54.6 Å². The van der Waals surface area contributed by atoms with E-state index < -0.39 is 0 Å². The summed E-state index contributed by atoms with van der Waals surface area (Å²) in [6.07, 6.45) is 1.18. The molecule has 0 radical (unpaired) electrons. The highest BCUT2D eigenvalue weighted by Gasteiger charge is 2.02. The molecule has 2 rings (SSSR count). The lowest BCUT2D eigenvalue weighted by Gasteiger charge is -2.08. The number of nitrogens with one attached hydrogen (secondary N) is 1. The van der Waals surface area contributed by atoms with Crippen LogP contribution in [0.3, 0.4) is 0 Å². The summed E-state index contributed by atoms with van der Waals surface area (Å²) in [4.78, 5) is 11.7. The summed E-state index contributed by atoms with van der Waals surface area (Å²) >= 11 is 0. The molecule has 0 saturated heterocycles. The fourth-order valence-electron chi connectivity index (χ4n) is 1.99. The van der Waals surface area contributed by atoms with Crippen LogP contribution in [0.2, 0.25) is 0 Å². The number of nitriles is 1. The van der Waals surface area contributed by atoms with Crippen molar-refractivity contribution in [2.24, 2.45) is 0 Å². The van der Waals surface area contributed by atoms with Gasteiger partial charge in [0.2, 0.25) is 0 Å². The monoisotopic (exact) mass is 294 g/mol. The number of rotatable bonds is 7. The van der Waals surface area contributed by atoms with Crippen LogP contribution in [-0.4, -0.2) is 19.1 Å². The summed E-state index contributed by atoms with van der Waals surface area (Å²) in [7, 11) is 0. The molecule has 112 valence electrons. The first-order chi connectivity index (χ1) is 10.8. The van der Waals surface area contributed by atoms with E-state index in [1.54, 1.807) is 12.1 Å². The lowest BCUT2D eigenvalue weighted by Crippen LogP contribution is -2.30. The first kappa shape index (κ1) is 15.6. The minimum Gasteiger partial charge on any atom is -0.484 e. The quantitative estimate of drug-likeness (QED) is 0.853. The van der Waals surface area contributed by atoms with Crippen molar-refractivity contribution in [1.82, 2.24) is 5.32 Å². The Morgan fingerprint density at radius 2 is 1.77 bits per heavy atom. The Morgan fingerprint density at radius 3 is 2.45 bits per heavy atom. The van der Waals surface area contributed by atoms with E-state index in [1.165, 1.54) is 5.56 Å². The van der Waals surface area contributed by atoms with Crippen molar-refractivity contribution in [2.45, 2.75) is 12.8 Å². The third-order valence-electron chi connectivity index (χ3n) is 3.16. The van der Waals surface area contributed by atoms with E-state index in [-0.39, 0.29) is 12.5 Å². The number of carbonyl (C=O) groups is 1. The molecule has 4 nitrogen and oxygen atoms in total. The fraction of sp³-hybridized carbons (Fsp3) is 0.222. The summed E-state index contributed by atoms with van der Waals surface area (Å²) in [5.41, 5.74) is 2.12. The van der Waals surface area contributed by atoms with Gasteiger partial charge in [0, 0.05) is 6.54 Å². The molecule has 0 spiro atoms. The first-order valence-corrected chi connectivity index (χ1v) is 7.17. The Kier molecular flexibility index (Phi) is 6.01. The van der Waals surface area contributed by atoms with Gasteiger partial charge >= 0.3 is 0 Å². The van der Waals surface area contributed by atoms with E-state index in [4.69, 9.17) is 10.00 Å². The summed E-state index contributed by atoms with van der Waals surface area (Å²) in [5.74, 6) is 0.483. The molecule has 0 aliphatic heterocycles. The van der Waals surface area contributed by atoms with Gasteiger partial charge in [0.1, 0.15) is 5.75 Å². The molecule has 1 amide bonds. The van der Waals surface area contributed by atoms with Crippen LogP contribution in [-0.2, 0) is 17.6 Å². The predicted molar refractivity (Wildman–Crippen MR) is 84.4 cm³/mol. The molecule has 2 aromatic rings. The molecule has 0 aliphatic rings. The molecular formula is C18H18N2O2. The number of ether oxygens (including phenoxy) is 1. The van der Waals surface area contributed by atoms with Crippen molar-refractivity contribution >= 4 is 5.91 Å². The fourth-order valence-corrected chi connectivity index (χ4v) is 1.99. The largest absolute Gasteiger partial charge is 0.484 e. The van der Waals surface area contributed by atoms with Gasteiger partial charge < -0.3 is 10.1 Å². The Bertz CT molecular complexity index is 630. The second kappa shape index (κ2) is 8.48. The lowest BCUT2D eigenvalue weighted by molar-refractivity contribution is -0.123. The van der Waals surface area contributed by atoms with Gasteiger partial charge in [-0.2, -0.15) is 5.26 Å². The van der Waals surface area contributed by atoms with E-state index in [2.05, 4.69) is 11.4 Å². The number of carbonyl (C=O) groups excluding carboxylic acids is 1. The molecule has 22 heavy (non-hydrogen) atoms. The van der Waals surface area contributed by atoms with Crippen LogP contribution in [0.4, 0.5) is 0 Å². The van der Waals surface area contributed by atoms with E-state index in [1.807, 2.05) is 42.5 Å². The van der Waals surface area contributed by atoms with Gasteiger partial charge in [-0.05, 0) is 29.7 Å². The molecule has 0 atom stereocenters. The zero-order valence-corrected chi connectivity index (χ0v) is 12.3. The smallest absolute Gasteiger partial charge is 0.257 e.